The number of nitrogens with zero attached hydrogens (tertiary/aromatic N) is 4. The summed E-state index contributed by atoms with van der Waals surface area (Å²) in [5.41, 5.74) is -0.135. The predicted octanol–water partition coefficient (Wildman–Crippen LogP) is 1.44. The number of fused-ring (bicyclic) bond motifs is 1. The van der Waals surface area contributed by atoms with Gasteiger partial charge >= 0.3 is 5.69 Å². The van der Waals surface area contributed by atoms with E-state index in [2.05, 4.69) is 11.9 Å². The van der Waals surface area contributed by atoms with Crippen molar-refractivity contribution in [2.24, 2.45) is 14.1 Å². The minimum Gasteiger partial charge on any atom is -0.305 e. The zero-order chi connectivity index (χ0) is 14.9. The fourth-order valence-electron chi connectivity index (χ4n) is 2.05. The van der Waals surface area contributed by atoms with Crippen molar-refractivity contribution in [1.29, 1.82) is 0 Å². The number of aryl methyl sites for hydroxylation is 1. The molecule has 0 aromatic carbocycles. The Morgan fingerprint density at radius 3 is 2.55 bits per heavy atom. The average Bonchev–Trinajstić information content (AvgIpc) is 2.76. The molecule has 0 bridgehead atoms. The van der Waals surface area contributed by atoms with E-state index in [-0.39, 0.29) is 10.8 Å². The van der Waals surface area contributed by atoms with E-state index in [9.17, 15) is 9.59 Å². The summed E-state index contributed by atoms with van der Waals surface area (Å²) < 4.78 is 4.01. The van der Waals surface area contributed by atoms with Crippen molar-refractivity contribution in [2.45, 2.75) is 26.3 Å². The molecule has 0 aliphatic heterocycles. The Morgan fingerprint density at radius 2 is 1.90 bits per heavy atom. The van der Waals surface area contributed by atoms with Crippen LogP contribution in [0.2, 0.25) is 5.28 Å². The van der Waals surface area contributed by atoms with E-state index in [1.807, 2.05) is 12.2 Å². The lowest BCUT2D eigenvalue weighted by Crippen LogP contribution is -2.37. The number of allylic oxidation sites excluding steroid dienone is 2. The van der Waals surface area contributed by atoms with Gasteiger partial charge in [0.25, 0.3) is 5.56 Å². The molecule has 7 heteroatoms. The van der Waals surface area contributed by atoms with Crippen molar-refractivity contribution in [3.8, 4) is 0 Å². The lowest BCUT2D eigenvalue weighted by Gasteiger charge is -2.05. The van der Waals surface area contributed by atoms with Gasteiger partial charge in [-0.05, 0) is 18.0 Å². The number of halogens is 1. The van der Waals surface area contributed by atoms with Gasteiger partial charge in [-0.3, -0.25) is 13.9 Å². The van der Waals surface area contributed by atoms with Crippen LogP contribution in [0.3, 0.4) is 0 Å². The summed E-state index contributed by atoms with van der Waals surface area (Å²) in [7, 11) is 3.02. The van der Waals surface area contributed by atoms with Crippen molar-refractivity contribution in [2.75, 3.05) is 0 Å². The standard InChI is InChI=1S/C13H17ClN4O2/c1-4-5-6-7-8-18-9-10(15-12(18)14)16(2)13(20)17(3)11(9)19/h6-7H,4-5,8H2,1-3H3/b7-6+. The molecule has 0 saturated heterocycles. The van der Waals surface area contributed by atoms with Crippen LogP contribution in [0.4, 0.5) is 0 Å². The molecule has 0 atom stereocenters. The molecular formula is C13H17ClN4O2. The normalized spacial score (nSPS) is 11.8. The summed E-state index contributed by atoms with van der Waals surface area (Å²) >= 11 is 6.08. The lowest BCUT2D eigenvalue weighted by molar-refractivity contribution is 0.703. The van der Waals surface area contributed by atoms with Crippen LogP contribution < -0.4 is 11.2 Å². The maximum atomic E-state index is 12.2. The van der Waals surface area contributed by atoms with Gasteiger partial charge in [0.1, 0.15) is 0 Å². The van der Waals surface area contributed by atoms with Crippen LogP contribution in [-0.2, 0) is 20.6 Å². The summed E-state index contributed by atoms with van der Waals surface area (Å²) in [6.07, 6.45) is 6.02. The van der Waals surface area contributed by atoms with Gasteiger partial charge in [-0.1, -0.05) is 25.5 Å². The molecule has 0 saturated carbocycles. The number of hydrogen-bond acceptors (Lipinski definition) is 3. The highest BCUT2D eigenvalue weighted by Gasteiger charge is 2.17. The Bertz CT molecular complexity index is 782. The minimum atomic E-state index is -0.412. The first-order chi connectivity index (χ1) is 9.49. The molecule has 0 N–H and O–H groups in total. The third kappa shape index (κ3) is 2.31. The van der Waals surface area contributed by atoms with Crippen molar-refractivity contribution in [1.82, 2.24) is 18.7 Å². The fourth-order valence-corrected chi connectivity index (χ4v) is 2.28. The monoisotopic (exact) mass is 296 g/mol. The van der Waals surface area contributed by atoms with E-state index in [0.717, 1.165) is 17.4 Å². The van der Waals surface area contributed by atoms with Crippen molar-refractivity contribution in [3.05, 3.63) is 38.3 Å². The first kappa shape index (κ1) is 14.6. The first-order valence-corrected chi connectivity index (χ1v) is 6.83. The topological polar surface area (TPSA) is 61.8 Å². The van der Waals surface area contributed by atoms with Crippen LogP contribution in [-0.4, -0.2) is 18.7 Å². The molecule has 0 unspecified atom stereocenters. The number of hydrogen-bond donors (Lipinski definition) is 0. The molecule has 2 rings (SSSR count). The van der Waals surface area contributed by atoms with Crippen molar-refractivity contribution < 1.29 is 0 Å². The molecular weight excluding hydrogens is 280 g/mol. The van der Waals surface area contributed by atoms with Crippen LogP contribution in [0.25, 0.3) is 11.2 Å². The summed E-state index contributed by atoms with van der Waals surface area (Å²) in [5.74, 6) is 0. The van der Waals surface area contributed by atoms with E-state index < -0.39 is 5.69 Å². The Balaban J connectivity index is 2.65. The van der Waals surface area contributed by atoms with Gasteiger partial charge in [0.15, 0.2) is 11.2 Å². The van der Waals surface area contributed by atoms with Gasteiger partial charge < -0.3 is 4.57 Å². The number of rotatable bonds is 4. The van der Waals surface area contributed by atoms with E-state index in [1.165, 1.54) is 11.6 Å². The van der Waals surface area contributed by atoms with Crippen LogP contribution in [0, 0.1) is 0 Å². The third-order valence-electron chi connectivity index (χ3n) is 3.21. The molecule has 0 aliphatic carbocycles. The number of aromatic nitrogens is 4. The zero-order valence-electron chi connectivity index (χ0n) is 11.8. The highest BCUT2D eigenvalue weighted by Crippen LogP contribution is 2.15. The summed E-state index contributed by atoms with van der Waals surface area (Å²) in [5, 5.41) is 0.208. The summed E-state index contributed by atoms with van der Waals surface area (Å²) in [4.78, 5) is 28.2. The van der Waals surface area contributed by atoms with Crippen LogP contribution in [0.5, 0.6) is 0 Å². The fraction of sp³-hybridized carbons (Fsp3) is 0.462. The second kappa shape index (κ2) is 5.66. The van der Waals surface area contributed by atoms with Gasteiger partial charge in [0.05, 0.1) is 0 Å². The molecule has 0 aliphatic rings. The number of unbranched alkanes of at least 4 members (excludes halogenated alkanes) is 1. The van der Waals surface area contributed by atoms with Crippen molar-refractivity contribution in [3.63, 3.8) is 0 Å². The molecule has 0 radical (unpaired) electrons. The van der Waals surface area contributed by atoms with E-state index in [1.54, 1.807) is 11.6 Å². The molecule has 0 amide bonds. The quantitative estimate of drug-likeness (QED) is 0.633. The van der Waals surface area contributed by atoms with Gasteiger partial charge in [0.2, 0.25) is 5.28 Å². The average molecular weight is 297 g/mol. The molecule has 108 valence electrons. The smallest absolute Gasteiger partial charge is 0.305 e. The third-order valence-corrected chi connectivity index (χ3v) is 3.50. The van der Waals surface area contributed by atoms with Crippen LogP contribution >= 0.6 is 11.6 Å². The Labute approximate surface area is 120 Å². The van der Waals surface area contributed by atoms with Crippen LogP contribution in [0.15, 0.2) is 21.7 Å². The van der Waals surface area contributed by atoms with Gasteiger partial charge in [-0.2, -0.15) is 4.98 Å². The molecule has 6 nitrogen and oxygen atoms in total. The molecule has 2 heterocycles. The molecule has 2 aromatic heterocycles. The highest BCUT2D eigenvalue weighted by atomic mass is 35.5. The van der Waals surface area contributed by atoms with E-state index in [4.69, 9.17) is 11.6 Å². The second-order valence-electron chi connectivity index (χ2n) is 4.63. The first-order valence-electron chi connectivity index (χ1n) is 6.45. The Kier molecular flexibility index (Phi) is 4.13. The van der Waals surface area contributed by atoms with Crippen molar-refractivity contribution >= 4 is 22.8 Å². The van der Waals surface area contributed by atoms with E-state index in [0.29, 0.717) is 17.7 Å². The highest BCUT2D eigenvalue weighted by molar-refractivity contribution is 6.29. The zero-order valence-corrected chi connectivity index (χ0v) is 12.5. The predicted molar refractivity (Wildman–Crippen MR) is 79.3 cm³/mol. The maximum absolute atomic E-state index is 12.2. The Hall–Kier alpha value is -1.82. The minimum absolute atomic E-state index is 0.208. The largest absolute Gasteiger partial charge is 0.332 e. The van der Waals surface area contributed by atoms with Crippen LogP contribution in [0.1, 0.15) is 19.8 Å². The number of imidazole rings is 1. The van der Waals surface area contributed by atoms with Gasteiger partial charge in [0, 0.05) is 20.6 Å². The molecule has 0 fully saturated rings. The Morgan fingerprint density at radius 1 is 1.20 bits per heavy atom. The van der Waals surface area contributed by atoms with E-state index >= 15 is 0 Å². The second-order valence-corrected chi connectivity index (χ2v) is 4.97. The van der Waals surface area contributed by atoms with Gasteiger partial charge in [-0.25, -0.2) is 4.79 Å². The SMILES string of the molecule is CCC/C=C/Cn1c(Cl)nc2c1c(=O)n(C)c(=O)n2C. The maximum Gasteiger partial charge on any atom is 0.332 e. The molecule has 2 aromatic rings. The summed E-state index contributed by atoms with van der Waals surface area (Å²) in [6, 6.07) is 0. The molecule has 20 heavy (non-hydrogen) atoms. The summed E-state index contributed by atoms with van der Waals surface area (Å²) in [6.45, 7) is 2.55. The lowest BCUT2D eigenvalue weighted by atomic mass is 10.3. The van der Waals surface area contributed by atoms with Gasteiger partial charge in [-0.15, -0.1) is 0 Å². The molecule has 0 spiro atoms.